The number of benzene rings is 1. The first-order valence-corrected chi connectivity index (χ1v) is 11.3. The maximum Gasteiger partial charge on any atom is 0.244 e. The van der Waals surface area contributed by atoms with Crippen LogP contribution in [0, 0.1) is 5.92 Å². The van der Waals surface area contributed by atoms with Crippen LogP contribution >= 0.6 is 0 Å². The molecule has 1 aromatic carbocycles. The van der Waals surface area contributed by atoms with Crippen LogP contribution in [0.25, 0.3) is 0 Å². The number of methoxy groups -OCH3 is 1. The Morgan fingerprint density at radius 3 is 2.64 bits per heavy atom. The minimum atomic E-state index is -3.73. The van der Waals surface area contributed by atoms with Crippen molar-refractivity contribution in [2.45, 2.75) is 24.7 Å². The number of hydrogen-bond acceptors (Lipinski definition) is 6. The molecule has 10 heteroatoms. The number of nitrogens with one attached hydrogen (secondary N) is 3. The molecule has 0 aliphatic carbocycles. The molecule has 1 aliphatic heterocycles. The van der Waals surface area contributed by atoms with E-state index in [4.69, 9.17) is 4.74 Å². The van der Waals surface area contributed by atoms with Crippen molar-refractivity contribution in [1.29, 1.82) is 0 Å². The monoisotopic (exact) mass is 391 g/mol. The molecular weight excluding hydrogens is 366 g/mol. The third-order valence-electron chi connectivity index (χ3n) is 4.11. The Morgan fingerprint density at radius 1 is 1.28 bits per heavy atom. The minimum Gasteiger partial charge on any atom is -0.495 e. The van der Waals surface area contributed by atoms with Crippen LogP contribution in [0.5, 0.6) is 5.75 Å². The molecule has 1 unspecified atom stereocenters. The fraction of sp³-hybridized carbons (Fsp3) is 0.600. The molecule has 1 aliphatic rings. The second-order valence-corrected chi connectivity index (χ2v) is 9.66. The normalized spacial score (nSPS) is 18.2. The van der Waals surface area contributed by atoms with E-state index in [1.807, 2.05) is 0 Å². The summed E-state index contributed by atoms with van der Waals surface area (Å²) in [5.74, 6) is 0.495. The van der Waals surface area contributed by atoms with Crippen LogP contribution in [0.1, 0.15) is 19.8 Å². The zero-order chi connectivity index (χ0) is 18.5. The maximum atomic E-state index is 12.5. The lowest BCUT2D eigenvalue weighted by molar-refractivity contribution is 0.402. The molecule has 0 amide bonds. The van der Waals surface area contributed by atoms with Crippen LogP contribution in [-0.2, 0) is 20.0 Å². The summed E-state index contributed by atoms with van der Waals surface area (Å²) in [6.45, 7) is 3.75. The highest BCUT2D eigenvalue weighted by molar-refractivity contribution is 7.92. The molecule has 25 heavy (non-hydrogen) atoms. The molecule has 142 valence electrons. The molecule has 8 nitrogen and oxygen atoms in total. The Labute approximate surface area is 149 Å². The zero-order valence-electron chi connectivity index (χ0n) is 14.4. The van der Waals surface area contributed by atoms with E-state index in [9.17, 15) is 16.8 Å². The van der Waals surface area contributed by atoms with Gasteiger partial charge in [-0.1, -0.05) is 0 Å². The molecule has 0 aromatic heterocycles. The highest BCUT2D eigenvalue weighted by Gasteiger charge is 2.21. The Kier molecular flexibility index (Phi) is 6.66. The number of ether oxygens (including phenoxy) is 1. The largest absolute Gasteiger partial charge is 0.495 e. The van der Waals surface area contributed by atoms with Crippen LogP contribution in [0.3, 0.4) is 0 Å². The highest BCUT2D eigenvalue weighted by atomic mass is 32.2. The minimum absolute atomic E-state index is 0.0148. The first-order valence-electron chi connectivity index (χ1n) is 8.16. The summed E-state index contributed by atoms with van der Waals surface area (Å²) in [7, 11) is -5.84. The van der Waals surface area contributed by atoms with E-state index in [1.165, 1.54) is 32.2 Å². The summed E-state index contributed by atoms with van der Waals surface area (Å²) in [5.41, 5.74) is 0.259. The number of hydrogen-bond donors (Lipinski definition) is 3. The van der Waals surface area contributed by atoms with Gasteiger partial charge in [0.2, 0.25) is 20.0 Å². The number of sulfonamides is 2. The third kappa shape index (κ3) is 5.56. The van der Waals surface area contributed by atoms with Crippen molar-refractivity contribution in [2.75, 3.05) is 37.2 Å². The lowest BCUT2D eigenvalue weighted by Gasteiger charge is -2.14. The summed E-state index contributed by atoms with van der Waals surface area (Å²) < 4.78 is 58.3. The topological polar surface area (TPSA) is 114 Å². The van der Waals surface area contributed by atoms with Crippen molar-refractivity contribution < 1.29 is 21.6 Å². The van der Waals surface area contributed by atoms with Crippen LogP contribution in [0.15, 0.2) is 23.1 Å². The van der Waals surface area contributed by atoms with E-state index in [0.717, 1.165) is 25.9 Å². The molecule has 1 heterocycles. The fourth-order valence-corrected chi connectivity index (χ4v) is 4.47. The van der Waals surface area contributed by atoms with Crippen molar-refractivity contribution in [3.05, 3.63) is 18.2 Å². The molecule has 0 spiro atoms. The smallest absolute Gasteiger partial charge is 0.244 e. The summed E-state index contributed by atoms with van der Waals surface area (Å²) in [5, 5.41) is 3.25. The zero-order valence-corrected chi connectivity index (χ0v) is 16.0. The van der Waals surface area contributed by atoms with Crippen molar-refractivity contribution in [1.82, 2.24) is 10.0 Å². The lowest BCUT2D eigenvalue weighted by Crippen LogP contribution is -2.27. The van der Waals surface area contributed by atoms with Gasteiger partial charge >= 0.3 is 0 Å². The second kappa shape index (κ2) is 8.35. The molecule has 2 rings (SSSR count). The van der Waals surface area contributed by atoms with Gasteiger partial charge in [-0.2, -0.15) is 0 Å². The van der Waals surface area contributed by atoms with Gasteiger partial charge in [-0.05, 0) is 50.9 Å². The Balaban J connectivity index is 2.10. The number of rotatable bonds is 9. The van der Waals surface area contributed by atoms with Crippen LogP contribution in [0.4, 0.5) is 5.69 Å². The van der Waals surface area contributed by atoms with Gasteiger partial charge < -0.3 is 10.1 Å². The summed E-state index contributed by atoms with van der Waals surface area (Å²) >= 11 is 0. The molecule has 0 bridgehead atoms. The predicted octanol–water partition coefficient (Wildman–Crippen LogP) is 0.735. The average Bonchev–Trinajstić information content (AvgIpc) is 3.07. The van der Waals surface area contributed by atoms with Gasteiger partial charge in [0.1, 0.15) is 10.6 Å². The van der Waals surface area contributed by atoms with Gasteiger partial charge in [0.25, 0.3) is 0 Å². The van der Waals surface area contributed by atoms with E-state index < -0.39 is 20.0 Å². The molecule has 0 saturated carbocycles. The molecule has 1 aromatic rings. The van der Waals surface area contributed by atoms with Crippen molar-refractivity contribution in [3.63, 3.8) is 0 Å². The van der Waals surface area contributed by atoms with Crippen molar-refractivity contribution in [3.8, 4) is 5.75 Å². The van der Waals surface area contributed by atoms with Crippen LogP contribution in [-0.4, -0.2) is 49.3 Å². The SMILES string of the molecule is CCS(=O)(=O)Nc1ccc(S(=O)(=O)NCCC2CCNC2)c(OC)c1. The van der Waals surface area contributed by atoms with Crippen molar-refractivity contribution in [2.24, 2.45) is 5.92 Å². The molecule has 1 fully saturated rings. The first kappa shape index (κ1) is 20.0. The standard InChI is InChI=1S/C15H25N3O5S2/c1-3-24(19,20)18-13-4-5-15(14(10-13)23-2)25(21,22)17-9-7-12-6-8-16-11-12/h4-5,10,12,16-18H,3,6-9,11H2,1-2H3. The summed E-state index contributed by atoms with van der Waals surface area (Å²) in [4.78, 5) is -0.0148. The first-order chi connectivity index (χ1) is 11.8. The van der Waals surface area contributed by atoms with Gasteiger partial charge in [-0.3, -0.25) is 4.72 Å². The Bertz CT molecular complexity index is 787. The van der Waals surface area contributed by atoms with Gasteiger partial charge in [0.15, 0.2) is 0 Å². The highest BCUT2D eigenvalue weighted by Crippen LogP contribution is 2.27. The van der Waals surface area contributed by atoms with Crippen molar-refractivity contribution >= 4 is 25.7 Å². The quantitative estimate of drug-likeness (QED) is 0.572. The number of anilines is 1. The Morgan fingerprint density at radius 2 is 2.04 bits per heavy atom. The van der Waals surface area contributed by atoms with Crippen LogP contribution < -0.4 is 19.5 Å². The molecule has 0 radical (unpaired) electrons. The molecule has 1 saturated heterocycles. The van der Waals surface area contributed by atoms with Crippen LogP contribution in [0.2, 0.25) is 0 Å². The van der Waals surface area contributed by atoms with Gasteiger partial charge in [0, 0.05) is 12.6 Å². The molecular formula is C15H25N3O5S2. The fourth-order valence-electron chi connectivity index (χ4n) is 2.64. The third-order valence-corrected chi connectivity index (χ3v) is 6.92. The lowest BCUT2D eigenvalue weighted by atomic mass is 10.1. The summed E-state index contributed by atoms with van der Waals surface area (Å²) in [6, 6.07) is 4.11. The van der Waals surface area contributed by atoms with E-state index in [1.54, 1.807) is 0 Å². The summed E-state index contributed by atoms with van der Waals surface area (Å²) in [6.07, 6.45) is 1.82. The van der Waals surface area contributed by atoms with E-state index in [-0.39, 0.29) is 22.1 Å². The van der Waals surface area contributed by atoms with E-state index in [2.05, 4.69) is 14.8 Å². The molecule has 1 atom stereocenters. The predicted molar refractivity (Wildman–Crippen MR) is 96.9 cm³/mol. The van der Waals surface area contributed by atoms with E-state index in [0.29, 0.717) is 12.5 Å². The Hall–Kier alpha value is -1.36. The van der Waals surface area contributed by atoms with E-state index >= 15 is 0 Å². The van der Waals surface area contributed by atoms with Gasteiger partial charge in [-0.25, -0.2) is 21.6 Å². The maximum absolute atomic E-state index is 12.5. The average molecular weight is 392 g/mol. The van der Waals surface area contributed by atoms with Gasteiger partial charge in [-0.15, -0.1) is 0 Å². The molecule has 3 N–H and O–H groups in total. The second-order valence-electron chi connectivity index (χ2n) is 5.92. The van der Waals surface area contributed by atoms with Gasteiger partial charge in [0.05, 0.1) is 18.6 Å².